The summed E-state index contributed by atoms with van der Waals surface area (Å²) in [6, 6.07) is 9.43. The number of hydrogen-bond acceptors (Lipinski definition) is 3. The molecule has 0 bridgehead atoms. The first-order valence-corrected chi connectivity index (χ1v) is 5.13. The number of ether oxygens (including phenoxy) is 1. The Hall–Kier alpha value is -1.06. The van der Waals surface area contributed by atoms with Gasteiger partial charge in [0.15, 0.2) is 0 Å². The summed E-state index contributed by atoms with van der Waals surface area (Å²) in [5.74, 6) is 0.665. The van der Waals surface area contributed by atoms with Crippen molar-refractivity contribution in [3.63, 3.8) is 0 Å². The lowest BCUT2D eigenvalue weighted by atomic mass is 10.3. The standard InChI is InChI=1S/C12H19NO2/c1-10(2)13-8-11(14)9-15-12-6-4-3-5-7-12/h3-7,10-11,13-14H,8-9H2,1-2H3/i11D. The molecule has 0 radical (unpaired) electrons. The molecule has 0 saturated heterocycles. The first-order valence-electron chi connectivity index (χ1n) is 5.63. The summed E-state index contributed by atoms with van der Waals surface area (Å²) in [6.07, 6.45) is -1.60. The summed E-state index contributed by atoms with van der Waals surface area (Å²) in [7, 11) is 0. The van der Waals surface area contributed by atoms with Crippen molar-refractivity contribution in [1.29, 1.82) is 0 Å². The maximum Gasteiger partial charge on any atom is 0.119 e. The van der Waals surface area contributed by atoms with Crippen LogP contribution in [0.3, 0.4) is 0 Å². The second kappa shape index (κ2) is 6.43. The number of hydrogen-bond donors (Lipinski definition) is 2. The van der Waals surface area contributed by atoms with Crippen molar-refractivity contribution in [2.45, 2.75) is 26.0 Å². The van der Waals surface area contributed by atoms with Gasteiger partial charge < -0.3 is 15.2 Å². The molecule has 84 valence electrons. The highest BCUT2D eigenvalue weighted by Gasteiger charge is 2.05. The first-order chi connectivity index (χ1) is 7.49. The molecule has 1 rings (SSSR count). The molecule has 0 aliphatic carbocycles. The van der Waals surface area contributed by atoms with Gasteiger partial charge in [-0.25, -0.2) is 0 Å². The van der Waals surface area contributed by atoms with Crippen LogP contribution in [0.4, 0.5) is 0 Å². The van der Waals surface area contributed by atoms with E-state index in [2.05, 4.69) is 5.32 Å². The second-order valence-corrected chi connectivity index (χ2v) is 3.70. The molecule has 1 unspecified atom stereocenters. The fraction of sp³-hybridized carbons (Fsp3) is 0.500. The lowest BCUT2D eigenvalue weighted by molar-refractivity contribution is 0.104. The lowest BCUT2D eigenvalue weighted by Crippen LogP contribution is -2.35. The largest absolute Gasteiger partial charge is 0.491 e. The number of rotatable bonds is 6. The number of para-hydroxylation sites is 1. The molecule has 0 spiro atoms. The van der Waals surface area contributed by atoms with E-state index >= 15 is 0 Å². The number of nitrogens with one attached hydrogen (secondary N) is 1. The maximum atomic E-state index is 9.70. The fourth-order valence-corrected chi connectivity index (χ4v) is 1.06. The van der Waals surface area contributed by atoms with Crippen LogP contribution in [0.25, 0.3) is 0 Å². The van der Waals surface area contributed by atoms with Crippen molar-refractivity contribution in [2.24, 2.45) is 0 Å². The van der Waals surface area contributed by atoms with Crippen molar-refractivity contribution < 1.29 is 11.2 Å². The molecule has 2 N–H and O–H groups in total. The van der Waals surface area contributed by atoms with Crippen molar-refractivity contribution in [1.82, 2.24) is 5.32 Å². The van der Waals surface area contributed by atoms with E-state index in [1.807, 2.05) is 32.0 Å². The molecule has 0 saturated carbocycles. The van der Waals surface area contributed by atoms with Gasteiger partial charge in [-0.15, -0.1) is 0 Å². The van der Waals surface area contributed by atoms with Gasteiger partial charge in [0.25, 0.3) is 0 Å². The van der Waals surface area contributed by atoms with E-state index in [0.717, 1.165) is 0 Å². The van der Waals surface area contributed by atoms with E-state index in [1.165, 1.54) is 0 Å². The summed E-state index contributed by atoms with van der Waals surface area (Å²) in [5, 5.41) is 12.7. The predicted octanol–water partition coefficient (Wildman–Crippen LogP) is 1.42. The van der Waals surface area contributed by atoms with Crippen LogP contribution in [0.2, 0.25) is 0 Å². The summed E-state index contributed by atoms with van der Waals surface area (Å²) >= 11 is 0. The third kappa shape index (κ3) is 5.40. The molecular formula is C12H19NO2. The highest BCUT2D eigenvalue weighted by atomic mass is 16.5. The van der Waals surface area contributed by atoms with Crippen LogP contribution < -0.4 is 10.1 Å². The van der Waals surface area contributed by atoms with Gasteiger partial charge in [-0.05, 0) is 12.1 Å². The first kappa shape index (κ1) is 10.5. The van der Waals surface area contributed by atoms with E-state index in [4.69, 9.17) is 6.11 Å². The van der Waals surface area contributed by atoms with Gasteiger partial charge in [0.1, 0.15) is 18.4 Å². The maximum absolute atomic E-state index is 9.70. The monoisotopic (exact) mass is 210 g/mol. The Morgan fingerprint density at radius 1 is 1.40 bits per heavy atom. The molecule has 0 amide bonds. The highest BCUT2D eigenvalue weighted by molar-refractivity contribution is 5.20. The zero-order chi connectivity index (χ0) is 12.0. The SMILES string of the molecule is [2H]C(O)(CNC(C)C)COc1ccccc1. The van der Waals surface area contributed by atoms with Crippen LogP contribution in [-0.2, 0) is 0 Å². The fourth-order valence-electron chi connectivity index (χ4n) is 1.06. The number of aliphatic hydroxyl groups is 1. The molecule has 0 aromatic heterocycles. The van der Waals surface area contributed by atoms with Crippen molar-refractivity contribution >= 4 is 0 Å². The Bertz CT molecular complexity index is 301. The van der Waals surface area contributed by atoms with Crippen LogP contribution >= 0.6 is 0 Å². The smallest absolute Gasteiger partial charge is 0.119 e. The zero-order valence-corrected chi connectivity index (χ0v) is 9.23. The average molecular weight is 210 g/mol. The zero-order valence-electron chi connectivity index (χ0n) is 10.2. The van der Waals surface area contributed by atoms with E-state index in [-0.39, 0.29) is 19.2 Å². The highest BCUT2D eigenvalue weighted by Crippen LogP contribution is 2.08. The molecule has 0 aliphatic heterocycles. The summed E-state index contributed by atoms with van der Waals surface area (Å²) in [4.78, 5) is 0. The molecule has 0 fully saturated rings. The van der Waals surface area contributed by atoms with E-state index < -0.39 is 6.08 Å². The van der Waals surface area contributed by atoms with Crippen LogP contribution in [0.15, 0.2) is 30.3 Å². The minimum Gasteiger partial charge on any atom is -0.491 e. The summed E-state index contributed by atoms with van der Waals surface area (Å²) in [6.45, 7) is 4.08. The van der Waals surface area contributed by atoms with E-state index in [0.29, 0.717) is 5.75 Å². The van der Waals surface area contributed by atoms with Crippen LogP contribution in [0.1, 0.15) is 15.2 Å². The van der Waals surface area contributed by atoms with Crippen molar-refractivity contribution in [3.05, 3.63) is 30.3 Å². The van der Waals surface area contributed by atoms with Gasteiger partial charge in [-0.3, -0.25) is 0 Å². The van der Waals surface area contributed by atoms with Gasteiger partial charge in [0.05, 0.1) is 1.37 Å². The lowest BCUT2D eigenvalue weighted by Gasteiger charge is -2.14. The number of benzene rings is 1. The van der Waals surface area contributed by atoms with E-state index in [1.54, 1.807) is 12.1 Å². The molecule has 0 heterocycles. The summed E-state index contributed by atoms with van der Waals surface area (Å²) in [5.41, 5.74) is 0. The Kier molecular flexibility index (Phi) is 4.48. The van der Waals surface area contributed by atoms with Crippen LogP contribution in [0, 0.1) is 0 Å². The third-order valence-corrected chi connectivity index (χ3v) is 1.86. The molecule has 3 heteroatoms. The third-order valence-electron chi connectivity index (χ3n) is 1.86. The average Bonchev–Trinajstić information content (AvgIpc) is 2.26. The minimum absolute atomic E-state index is 0.0449. The summed E-state index contributed by atoms with van der Waals surface area (Å²) < 4.78 is 13.0. The second-order valence-electron chi connectivity index (χ2n) is 3.70. The van der Waals surface area contributed by atoms with Gasteiger partial charge in [-0.2, -0.15) is 0 Å². The van der Waals surface area contributed by atoms with Gasteiger partial charge in [-0.1, -0.05) is 32.0 Å². The van der Waals surface area contributed by atoms with Gasteiger partial charge in [0.2, 0.25) is 0 Å². The Labute approximate surface area is 92.5 Å². The van der Waals surface area contributed by atoms with Gasteiger partial charge in [0, 0.05) is 12.6 Å². The quantitative estimate of drug-likeness (QED) is 0.746. The predicted molar refractivity (Wildman–Crippen MR) is 61.1 cm³/mol. The van der Waals surface area contributed by atoms with Crippen molar-refractivity contribution in [3.8, 4) is 5.75 Å². The molecule has 15 heavy (non-hydrogen) atoms. The molecule has 0 aliphatic rings. The van der Waals surface area contributed by atoms with E-state index in [9.17, 15) is 5.11 Å². The molecule has 1 aromatic rings. The molecular weight excluding hydrogens is 190 g/mol. The van der Waals surface area contributed by atoms with Crippen molar-refractivity contribution in [2.75, 3.05) is 13.2 Å². The minimum atomic E-state index is -1.60. The molecule has 1 aromatic carbocycles. The van der Waals surface area contributed by atoms with Crippen LogP contribution in [-0.4, -0.2) is 30.4 Å². The Morgan fingerprint density at radius 2 is 2.07 bits per heavy atom. The Balaban J connectivity index is 2.36. The topological polar surface area (TPSA) is 41.5 Å². The van der Waals surface area contributed by atoms with Crippen LogP contribution in [0.5, 0.6) is 5.75 Å². The normalized spacial score (nSPS) is 15.9. The Morgan fingerprint density at radius 3 is 2.67 bits per heavy atom. The molecule has 3 nitrogen and oxygen atoms in total. The van der Waals surface area contributed by atoms with Gasteiger partial charge >= 0.3 is 0 Å². The molecule has 1 atom stereocenters.